The number of nitrogens with zero attached hydrogens (tertiary/aromatic N) is 1. The third-order valence-corrected chi connectivity index (χ3v) is 2.30. The second kappa shape index (κ2) is 3.18. The molecule has 1 atom stereocenters. The van der Waals surface area contributed by atoms with E-state index >= 15 is 0 Å². The zero-order valence-corrected chi connectivity index (χ0v) is 7.40. The van der Waals surface area contributed by atoms with E-state index in [1.165, 1.54) is 6.07 Å². The number of hydrogen-bond donors (Lipinski definition) is 2. The van der Waals surface area contributed by atoms with E-state index in [0.717, 1.165) is 6.07 Å². The molecule has 1 aromatic rings. The Kier molecular flexibility index (Phi) is 2.13. The van der Waals surface area contributed by atoms with E-state index in [2.05, 4.69) is 4.98 Å². The number of fused-ring (bicyclic) bond motifs is 1. The fourth-order valence-corrected chi connectivity index (χ4v) is 1.47. The number of rotatable bonds is 1. The molecule has 5 heteroatoms. The first-order valence-corrected chi connectivity index (χ1v) is 4.29. The van der Waals surface area contributed by atoms with Crippen molar-refractivity contribution in [3.63, 3.8) is 0 Å². The van der Waals surface area contributed by atoms with Crippen molar-refractivity contribution in [3.05, 3.63) is 23.8 Å². The lowest BCUT2D eigenvalue weighted by Gasteiger charge is -2.31. The van der Waals surface area contributed by atoms with Crippen molar-refractivity contribution in [3.8, 4) is 5.75 Å². The van der Waals surface area contributed by atoms with Crippen molar-refractivity contribution in [2.45, 2.75) is 12.0 Å². The van der Waals surface area contributed by atoms with E-state index in [9.17, 15) is 9.50 Å². The van der Waals surface area contributed by atoms with Crippen LogP contribution in [0.3, 0.4) is 0 Å². The molecule has 1 aliphatic heterocycles. The number of aliphatic hydroxyl groups is 2. The molecule has 14 heavy (non-hydrogen) atoms. The predicted molar refractivity (Wildman–Crippen MR) is 45.3 cm³/mol. The third-order valence-electron chi connectivity index (χ3n) is 2.30. The summed E-state index contributed by atoms with van der Waals surface area (Å²) in [6, 6.07) is 2.55. The molecule has 1 aromatic heterocycles. The van der Waals surface area contributed by atoms with Gasteiger partial charge in [-0.1, -0.05) is 0 Å². The Hall–Kier alpha value is -1.20. The summed E-state index contributed by atoms with van der Waals surface area (Å²) in [6.45, 7) is -0.197. The Bertz CT molecular complexity index is 358. The molecule has 0 spiro atoms. The van der Waals surface area contributed by atoms with Gasteiger partial charge in [-0.2, -0.15) is 4.39 Å². The number of aliphatic hydroxyl groups excluding tert-OH is 1. The number of halogens is 1. The molecule has 1 aliphatic rings. The van der Waals surface area contributed by atoms with Crippen molar-refractivity contribution in [2.75, 3.05) is 13.2 Å². The van der Waals surface area contributed by atoms with Gasteiger partial charge in [0, 0.05) is 6.42 Å². The molecule has 0 saturated carbocycles. The van der Waals surface area contributed by atoms with Gasteiger partial charge >= 0.3 is 0 Å². The second-order valence-corrected chi connectivity index (χ2v) is 3.27. The van der Waals surface area contributed by atoms with Crippen LogP contribution < -0.4 is 4.74 Å². The maximum Gasteiger partial charge on any atom is 0.213 e. The van der Waals surface area contributed by atoms with Gasteiger partial charge in [0.2, 0.25) is 5.95 Å². The average molecular weight is 199 g/mol. The fraction of sp³-hybridized carbons (Fsp3) is 0.444. The normalized spacial score (nSPS) is 25.4. The van der Waals surface area contributed by atoms with E-state index in [1.54, 1.807) is 0 Å². The fourth-order valence-electron chi connectivity index (χ4n) is 1.47. The van der Waals surface area contributed by atoms with E-state index in [1.807, 2.05) is 0 Å². The van der Waals surface area contributed by atoms with E-state index < -0.39 is 18.2 Å². The number of aromatic nitrogens is 1. The van der Waals surface area contributed by atoms with E-state index in [4.69, 9.17) is 9.84 Å². The zero-order valence-electron chi connectivity index (χ0n) is 7.40. The Morgan fingerprint density at radius 3 is 3.07 bits per heavy atom. The van der Waals surface area contributed by atoms with Gasteiger partial charge in [-0.3, -0.25) is 0 Å². The molecule has 2 N–H and O–H groups in total. The molecule has 0 aliphatic carbocycles. The van der Waals surface area contributed by atoms with Gasteiger partial charge in [0.15, 0.2) is 0 Å². The van der Waals surface area contributed by atoms with Crippen molar-refractivity contribution in [1.29, 1.82) is 0 Å². The summed E-state index contributed by atoms with van der Waals surface area (Å²) >= 11 is 0. The minimum absolute atomic E-state index is 0.0752. The molecule has 2 rings (SSSR count). The first kappa shape index (κ1) is 9.36. The highest BCUT2D eigenvalue weighted by molar-refractivity contribution is 5.34. The quantitative estimate of drug-likeness (QED) is 0.633. The first-order valence-electron chi connectivity index (χ1n) is 4.29. The van der Waals surface area contributed by atoms with Crippen LogP contribution in [0.1, 0.15) is 12.1 Å². The molecule has 4 nitrogen and oxygen atoms in total. The number of hydrogen-bond acceptors (Lipinski definition) is 4. The van der Waals surface area contributed by atoms with Crippen LogP contribution in [0.15, 0.2) is 12.1 Å². The Labute approximate surface area is 80.0 Å². The molecule has 0 fully saturated rings. The lowest BCUT2D eigenvalue weighted by molar-refractivity contribution is -0.0519. The Balaban J connectivity index is 2.52. The van der Waals surface area contributed by atoms with Gasteiger partial charge in [-0.15, -0.1) is 0 Å². The van der Waals surface area contributed by atoms with Gasteiger partial charge < -0.3 is 14.9 Å². The summed E-state index contributed by atoms with van der Waals surface area (Å²) in [4.78, 5) is 3.54. The van der Waals surface area contributed by atoms with Crippen LogP contribution in [0.25, 0.3) is 0 Å². The van der Waals surface area contributed by atoms with Crippen LogP contribution in [-0.4, -0.2) is 28.4 Å². The number of pyridine rings is 1. The van der Waals surface area contributed by atoms with Crippen molar-refractivity contribution in [2.24, 2.45) is 0 Å². The standard InChI is InChI=1S/C9H10FNO3/c10-7-2-1-6-8(11-7)9(13,5-12)3-4-14-6/h1-2,12-13H,3-5H2. The van der Waals surface area contributed by atoms with Crippen LogP contribution in [0.4, 0.5) is 4.39 Å². The highest BCUT2D eigenvalue weighted by Gasteiger charge is 2.37. The molecule has 0 saturated heterocycles. The van der Waals surface area contributed by atoms with Gasteiger partial charge in [0.05, 0.1) is 13.2 Å². The SMILES string of the molecule is OCC1(O)CCOc2ccc(F)nc21. The summed E-state index contributed by atoms with van der Waals surface area (Å²) in [5, 5.41) is 18.9. The third kappa shape index (κ3) is 1.34. The second-order valence-electron chi connectivity index (χ2n) is 3.27. The summed E-state index contributed by atoms with van der Waals surface area (Å²) < 4.78 is 18.0. The van der Waals surface area contributed by atoms with Crippen LogP contribution in [-0.2, 0) is 5.60 Å². The molecule has 0 aromatic carbocycles. The monoisotopic (exact) mass is 199 g/mol. The topological polar surface area (TPSA) is 62.6 Å². The van der Waals surface area contributed by atoms with Crippen LogP contribution in [0, 0.1) is 5.95 Å². The van der Waals surface area contributed by atoms with Crippen molar-refractivity contribution >= 4 is 0 Å². The maximum absolute atomic E-state index is 12.8. The molecule has 0 radical (unpaired) electrons. The molecular weight excluding hydrogens is 189 g/mol. The molecule has 0 amide bonds. The van der Waals surface area contributed by atoms with E-state index in [0.29, 0.717) is 5.75 Å². The first-order chi connectivity index (χ1) is 6.65. The highest BCUT2D eigenvalue weighted by atomic mass is 19.1. The van der Waals surface area contributed by atoms with Gasteiger partial charge in [0.25, 0.3) is 0 Å². The van der Waals surface area contributed by atoms with E-state index in [-0.39, 0.29) is 18.7 Å². The minimum atomic E-state index is -1.48. The van der Waals surface area contributed by atoms with Crippen LogP contribution in [0.5, 0.6) is 5.75 Å². The largest absolute Gasteiger partial charge is 0.491 e. The lowest BCUT2D eigenvalue weighted by Crippen LogP contribution is -2.37. The molecule has 0 bridgehead atoms. The molecule has 76 valence electrons. The Morgan fingerprint density at radius 2 is 2.36 bits per heavy atom. The predicted octanol–water partition coefficient (Wildman–Crippen LogP) is 0.183. The summed E-state index contributed by atoms with van der Waals surface area (Å²) in [6.07, 6.45) is 0.215. The maximum atomic E-state index is 12.8. The summed E-state index contributed by atoms with van der Waals surface area (Å²) in [5.74, 6) is -0.365. The van der Waals surface area contributed by atoms with Crippen LogP contribution in [0.2, 0.25) is 0 Å². The number of ether oxygens (including phenoxy) is 1. The van der Waals surface area contributed by atoms with Gasteiger partial charge in [-0.05, 0) is 12.1 Å². The van der Waals surface area contributed by atoms with Crippen molar-refractivity contribution < 1.29 is 19.3 Å². The van der Waals surface area contributed by atoms with Gasteiger partial charge in [0.1, 0.15) is 17.0 Å². The highest BCUT2D eigenvalue weighted by Crippen LogP contribution is 2.34. The minimum Gasteiger partial charge on any atom is -0.491 e. The lowest BCUT2D eigenvalue weighted by atomic mass is 9.94. The van der Waals surface area contributed by atoms with Gasteiger partial charge in [-0.25, -0.2) is 4.98 Å². The Morgan fingerprint density at radius 1 is 1.57 bits per heavy atom. The average Bonchev–Trinajstić information content (AvgIpc) is 2.20. The molecular formula is C9H10FNO3. The smallest absolute Gasteiger partial charge is 0.213 e. The zero-order chi connectivity index (χ0) is 10.2. The summed E-state index contributed by atoms with van der Waals surface area (Å²) in [5.41, 5.74) is -1.40. The molecule has 2 heterocycles. The van der Waals surface area contributed by atoms with Crippen LogP contribution >= 0.6 is 0 Å². The summed E-state index contributed by atoms with van der Waals surface area (Å²) in [7, 11) is 0. The molecule has 1 unspecified atom stereocenters. The van der Waals surface area contributed by atoms with Crippen molar-refractivity contribution in [1.82, 2.24) is 4.98 Å².